The number of halogens is 1. The lowest BCUT2D eigenvalue weighted by Crippen LogP contribution is -2.48. The van der Waals surface area contributed by atoms with E-state index >= 15 is 0 Å². The molecule has 14 heteroatoms. The highest BCUT2D eigenvalue weighted by Gasteiger charge is 2.32. The van der Waals surface area contributed by atoms with Crippen LogP contribution in [0.25, 0.3) is 0 Å². The lowest BCUT2D eigenvalue weighted by Gasteiger charge is -2.34. The minimum atomic E-state index is -4.04. The largest absolute Gasteiger partial charge is 0.488 e. The number of nitrogens with zero attached hydrogens (tertiary/aromatic N) is 3. The van der Waals surface area contributed by atoms with Gasteiger partial charge in [0.05, 0.1) is 25.6 Å². The number of carbonyl (C=O) groups excluding carboxylic acids is 2. The number of fused-ring (bicyclic) bond motifs is 1. The molecule has 0 aliphatic carbocycles. The van der Waals surface area contributed by atoms with Crippen LogP contribution in [-0.2, 0) is 21.2 Å². The lowest BCUT2D eigenvalue weighted by atomic mass is 10.0. The molecule has 0 saturated heterocycles. The Bertz CT molecular complexity index is 1560. The second-order valence-corrected chi connectivity index (χ2v) is 12.4. The van der Waals surface area contributed by atoms with Crippen LogP contribution in [0.4, 0.5) is 20.6 Å². The third kappa shape index (κ3) is 7.43. The van der Waals surface area contributed by atoms with Gasteiger partial charge in [-0.3, -0.25) is 9.52 Å². The van der Waals surface area contributed by atoms with Crippen molar-refractivity contribution in [2.75, 3.05) is 36.8 Å². The molecule has 12 nitrogen and oxygen atoms in total. The van der Waals surface area contributed by atoms with Crippen LogP contribution >= 0.6 is 0 Å². The van der Waals surface area contributed by atoms with Crippen molar-refractivity contribution < 1.29 is 36.8 Å². The summed E-state index contributed by atoms with van der Waals surface area (Å²) in [6, 6.07) is 9.10. The van der Waals surface area contributed by atoms with Gasteiger partial charge in [-0.1, -0.05) is 12.1 Å². The molecule has 1 aliphatic rings. The number of sulfonamides is 1. The number of rotatable bonds is 8. The summed E-state index contributed by atoms with van der Waals surface area (Å²) in [5, 5.41) is 16.3. The Morgan fingerprint density at radius 1 is 1.21 bits per heavy atom. The number of anilines is 2. The van der Waals surface area contributed by atoms with Gasteiger partial charge < -0.3 is 29.5 Å². The zero-order valence-electron chi connectivity index (χ0n) is 24.6. The minimum absolute atomic E-state index is 0.0674. The summed E-state index contributed by atoms with van der Waals surface area (Å²) in [6.45, 7) is 6.76. The molecule has 0 unspecified atom stereocenters. The first kappa shape index (κ1) is 31.8. The maximum absolute atomic E-state index is 13.5. The van der Waals surface area contributed by atoms with Gasteiger partial charge in [0.2, 0.25) is 5.91 Å². The van der Waals surface area contributed by atoms with Crippen molar-refractivity contribution in [2.24, 2.45) is 5.92 Å². The molecule has 3 amide bonds. The summed E-state index contributed by atoms with van der Waals surface area (Å²) in [4.78, 5) is 29.3. The van der Waals surface area contributed by atoms with Crippen molar-refractivity contribution in [2.45, 2.75) is 51.2 Å². The van der Waals surface area contributed by atoms with Gasteiger partial charge in [-0.2, -0.15) is 0 Å². The maximum Gasteiger partial charge on any atom is 0.321 e. The fourth-order valence-electron chi connectivity index (χ4n) is 4.88. The van der Waals surface area contributed by atoms with Crippen molar-refractivity contribution in [3.63, 3.8) is 0 Å². The lowest BCUT2D eigenvalue weighted by molar-refractivity contribution is -0.134. The molecule has 3 aromatic rings. The van der Waals surface area contributed by atoms with Gasteiger partial charge in [-0.15, -0.1) is 0 Å². The zero-order valence-corrected chi connectivity index (χ0v) is 25.4. The summed E-state index contributed by atoms with van der Waals surface area (Å²) in [6.07, 6.45) is -0.701. The van der Waals surface area contributed by atoms with E-state index in [1.165, 1.54) is 55.1 Å². The van der Waals surface area contributed by atoms with Gasteiger partial charge in [0.15, 0.2) is 10.7 Å². The number of aliphatic hydroxyl groups is 1. The van der Waals surface area contributed by atoms with Gasteiger partial charge >= 0.3 is 6.03 Å². The Hall–Kier alpha value is -4.17. The number of amides is 3. The molecule has 1 aliphatic heterocycles. The second kappa shape index (κ2) is 13.0. The zero-order chi connectivity index (χ0) is 31.5. The number of hydrogen-bond donors (Lipinski definition) is 3. The molecule has 0 saturated carbocycles. The molecule has 2 aromatic carbocycles. The molecule has 4 rings (SSSR count). The van der Waals surface area contributed by atoms with Gasteiger partial charge in [0.1, 0.15) is 23.4 Å². The maximum atomic E-state index is 13.5. The number of nitrogens with one attached hydrogen (secondary N) is 2. The van der Waals surface area contributed by atoms with Gasteiger partial charge in [-0.05, 0) is 63.2 Å². The van der Waals surface area contributed by atoms with E-state index in [1.54, 1.807) is 24.9 Å². The van der Waals surface area contributed by atoms with Crippen LogP contribution in [-0.4, -0.2) is 79.3 Å². The quantitative estimate of drug-likeness (QED) is 0.347. The number of aryl methyl sites for hydroxylation is 2. The molecular weight excluding hydrogens is 581 g/mol. The molecule has 1 aromatic heterocycles. The van der Waals surface area contributed by atoms with E-state index in [9.17, 15) is 27.5 Å². The number of aliphatic hydroxyl groups excluding tert-OH is 1. The minimum Gasteiger partial charge on any atom is -0.488 e. The summed E-state index contributed by atoms with van der Waals surface area (Å²) < 4.78 is 53.5. The van der Waals surface area contributed by atoms with E-state index in [1.807, 2.05) is 6.92 Å². The number of carbonyl (C=O) groups is 2. The van der Waals surface area contributed by atoms with Gasteiger partial charge in [0, 0.05) is 36.4 Å². The second-order valence-electron chi connectivity index (χ2n) is 10.8. The fourth-order valence-corrected chi connectivity index (χ4v) is 6.26. The van der Waals surface area contributed by atoms with Crippen LogP contribution < -0.4 is 14.8 Å². The van der Waals surface area contributed by atoms with E-state index in [-0.39, 0.29) is 60.0 Å². The first-order valence-electron chi connectivity index (χ1n) is 13.7. The summed E-state index contributed by atoms with van der Waals surface area (Å²) >= 11 is 0. The molecule has 43 heavy (non-hydrogen) atoms. The van der Waals surface area contributed by atoms with Crippen LogP contribution in [0.5, 0.6) is 5.75 Å². The van der Waals surface area contributed by atoms with E-state index in [0.29, 0.717) is 17.0 Å². The van der Waals surface area contributed by atoms with Crippen molar-refractivity contribution in [1.82, 2.24) is 15.0 Å². The van der Waals surface area contributed by atoms with Gasteiger partial charge in [-0.25, -0.2) is 17.6 Å². The Morgan fingerprint density at radius 3 is 2.51 bits per heavy atom. The molecule has 0 bridgehead atoms. The van der Waals surface area contributed by atoms with E-state index in [0.717, 1.165) is 0 Å². The first-order chi connectivity index (χ1) is 20.3. The fraction of sp³-hybridized carbons (Fsp3) is 0.414. The summed E-state index contributed by atoms with van der Waals surface area (Å²) in [5.74, 6) is -0.468. The monoisotopic (exact) mass is 617 g/mol. The average molecular weight is 618 g/mol. The van der Waals surface area contributed by atoms with Crippen molar-refractivity contribution >= 4 is 33.3 Å². The topological polar surface area (TPSA) is 154 Å². The third-order valence-corrected chi connectivity index (χ3v) is 8.93. The number of likely N-dealkylation sites (N-methyl/N-ethyl adjacent to an activating group) is 1. The number of hydrogen-bond acceptors (Lipinski definition) is 8. The van der Waals surface area contributed by atoms with Crippen molar-refractivity contribution in [3.05, 3.63) is 65.3 Å². The van der Waals surface area contributed by atoms with Crippen molar-refractivity contribution in [3.8, 4) is 5.75 Å². The van der Waals surface area contributed by atoms with Crippen LogP contribution in [0.1, 0.15) is 30.9 Å². The molecule has 0 radical (unpaired) electrons. The Balaban J connectivity index is 1.62. The first-order valence-corrected chi connectivity index (χ1v) is 15.2. The van der Waals surface area contributed by atoms with Gasteiger partial charge in [0.25, 0.3) is 10.0 Å². The highest BCUT2D eigenvalue weighted by atomic mass is 32.2. The Kier molecular flexibility index (Phi) is 9.60. The molecule has 2 heterocycles. The van der Waals surface area contributed by atoms with Crippen LogP contribution in [0.2, 0.25) is 0 Å². The predicted octanol–water partition coefficient (Wildman–Crippen LogP) is 3.54. The van der Waals surface area contributed by atoms with E-state index in [4.69, 9.17) is 9.26 Å². The van der Waals surface area contributed by atoms with Crippen molar-refractivity contribution in [1.29, 1.82) is 0 Å². The Labute approximate surface area is 249 Å². The summed E-state index contributed by atoms with van der Waals surface area (Å²) in [7, 11) is -2.45. The number of ether oxygens (including phenoxy) is 1. The molecular formula is C29H36FN5O7S. The predicted molar refractivity (Wildman–Crippen MR) is 157 cm³/mol. The normalized spacial score (nSPS) is 18.0. The number of urea groups is 1. The van der Waals surface area contributed by atoms with E-state index in [2.05, 4.69) is 15.2 Å². The highest BCUT2D eigenvalue weighted by molar-refractivity contribution is 7.92. The molecule has 3 N–H and O–H groups in total. The highest BCUT2D eigenvalue weighted by Crippen LogP contribution is 2.31. The van der Waals surface area contributed by atoms with Crippen LogP contribution in [0.15, 0.2) is 51.9 Å². The average Bonchev–Trinajstić information content (AvgIpc) is 3.32. The SMILES string of the molecule is Cc1noc(C)c1S(=O)(=O)Nc1ccc2c(c1)CC(=O)N([C@H](C)CO)C[C@H](C)[C@@H](CN(C)C(=O)Nc1ccc(F)cc1)O2. The van der Waals surface area contributed by atoms with Crippen LogP contribution in [0, 0.1) is 25.6 Å². The molecule has 3 atom stereocenters. The number of aromatic nitrogens is 1. The smallest absolute Gasteiger partial charge is 0.321 e. The molecule has 232 valence electrons. The molecule has 0 spiro atoms. The molecule has 0 fully saturated rings. The van der Waals surface area contributed by atoms with Crippen LogP contribution in [0.3, 0.4) is 0 Å². The Morgan fingerprint density at radius 2 is 1.88 bits per heavy atom. The van der Waals surface area contributed by atoms with E-state index < -0.39 is 34.0 Å². The summed E-state index contributed by atoms with van der Waals surface area (Å²) in [5.41, 5.74) is 1.27. The third-order valence-electron chi connectivity index (χ3n) is 7.30. The number of benzene rings is 2. The standard InChI is InChI=1S/C29H36FN5O7S/c1-17-14-35(18(2)16-36)27(37)13-21-12-24(33-43(39,40)28-19(3)32-42-20(28)4)10-11-25(21)41-26(17)15-34(5)29(38)31-23-8-6-22(30)7-9-23/h6-12,17-18,26,33,36H,13-16H2,1-5H3,(H,31,38)/t17-,18+,26+/m0/s1.